The summed E-state index contributed by atoms with van der Waals surface area (Å²) in [6.45, 7) is 7.16. The van der Waals surface area contributed by atoms with Crippen LogP contribution in [-0.4, -0.2) is 0 Å². The second-order valence-electron chi connectivity index (χ2n) is 4.92. The minimum atomic E-state index is 0.651. The fraction of sp³-hybridized carbons (Fsp3) is 1.00. The van der Waals surface area contributed by atoms with E-state index < -0.39 is 0 Å². The standard InChI is InChI=1S/C11H22/c1-4-6-10-7-5-8-11(2,3)9-10/h10H,4-9H2,1-3H3. The van der Waals surface area contributed by atoms with Crippen LogP contribution >= 0.6 is 0 Å². The summed E-state index contributed by atoms with van der Waals surface area (Å²) in [6.07, 6.45) is 8.73. The number of rotatable bonds is 2. The fourth-order valence-electron chi connectivity index (χ4n) is 2.51. The Balaban J connectivity index is 2.34. The largest absolute Gasteiger partial charge is 0.0654 e. The van der Waals surface area contributed by atoms with Gasteiger partial charge in [0.1, 0.15) is 0 Å². The molecule has 0 aromatic rings. The molecule has 0 aromatic heterocycles. The van der Waals surface area contributed by atoms with E-state index in [2.05, 4.69) is 20.8 Å². The Kier molecular flexibility index (Phi) is 2.98. The third-order valence-corrected chi connectivity index (χ3v) is 3.00. The van der Waals surface area contributed by atoms with Gasteiger partial charge in [0.2, 0.25) is 0 Å². The molecular formula is C11H22. The molecule has 1 rings (SSSR count). The van der Waals surface area contributed by atoms with Gasteiger partial charge in [-0.3, -0.25) is 0 Å². The lowest BCUT2D eigenvalue weighted by atomic mass is 9.71. The van der Waals surface area contributed by atoms with Gasteiger partial charge in [0.05, 0.1) is 0 Å². The van der Waals surface area contributed by atoms with E-state index in [1.54, 1.807) is 0 Å². The van der Waals surface area contributed by atoms with E-state index in [0.717, 1.165) is 5.92 Å². The Hall–Kier alpha value is 0. The van der Waals surface area contributed by atoms with Gasteiger partial charge >= 0.3 is 0 Å². The van der Waals surface area contributed by atoms with Gasteiger partial charge in [-0.05, 0) is 24.2 Å². The molecule has 0 spiro atoms. The molecule has 1 saturated carbocycles. The zero-order valence-electron chi connectivity index (χ0n) is 8.32. The van der Waals surface area contributed by atoms with Gasteiger partial charge in [0.25, 0.3) is 0 Å². The third kappa shape index (κ3) is 2.84. The highest BCUT2D eigenvalue weighted by Gasteiger charge is 2.26. The Morgan fingerprint density at radius 3 is 2.64 bits per heavy atom. The maximum Gasteiger partial charge on any atom is -0.0352 e. The predicted molar refractivity (Wildman–Crippen MR) is 50.6 cm³/mol. The molecule has 0 saturated heterocycles. The highest BCUT2D eigenvalue weighted by molar-refractivity contribution is 4.78. The van der Waals surface area contributed by atoms with Crippen molar-refractivity contribution in [1.29, 1.82) is 0 Å². The van der Waals surface area contributed by atoms with E-state index in [-0.39, 0.29) is 0 Å². The van der Waals surface area contributed by atoms with Gasteiger partial charge in [0, 0.05) is 0 Å². The molecule has 0 bridgehead atoms. The second kappa shape index (κ2) is 3.60. The molecule has 66 valence electrons. The molecule has 0 aromatic carbocycles. The van der Waals surface area contributed by atoms with Crippen LogP contribution in [0.1, 0.15) is 59.3 Å². The maximum atomic E-state index is 2.43. The zero-order chi connectivity index (χ0) is 8.32. The Bertz CT molecular complexity index is 111. The molecule has 1 aliphatic rings. The molecular weight excluding hydrogens is 132 g/mol. The molecule has 0 heteroatoms. The Morgan fingerprint density at radius 2 is 2.09 bits per heavy atom. The summed E-state index contributed by atoms with van der Waals surface area (Å²) in [4.78, 5) is 0. The van der Waals surface area contributed by atoms with Gasteiger partial charge < -0.3 is 0 Å². The van der Waals surface area contributed by atoms with Crippen LogP contribution in [0.15, 0.2) is 0 Å². The molecule has 0 aliphatic heterocycles. The first-order valence-corrected chi connectivity index (χ1v) is 5.14. The summed E-state index contributed by atoms with van der Waals surface area (Å²) in [5.74, 6) is 1.05. The molecule has 11 heavy (non-hydrogen) atoms. The van der Waals surface area contributed by atoms with Crippen molar-refractivity contribution in [3.05, 3.63) is 0 Å². The first-order valence-electron chi connectivity index (χ1n) is 5.14. The van der Waals surface area contributed by atoms with E-state index in [4.69, 9.17) is 0 Å². The molecule has 1 aliphatic carbocycles. The van der Waals surface area contributed by atoms with Crippen molar-refractivity contribution in [1.82, 2.24) is 0 Å². The topological polar surface area (TPSA) is 0 Å². The van der Waals surface area contributed by atoms with Crippen LogP contribution in [0.4, 0.5) is 0 Å². The highest BCUT2D eigenvalue weighted by atomic mass is 14.3. The van der Waals surface area contributed by atoms with Gasteiger partial charge in [-0.15, -0.1) is 0 Å². The van der Waals surface area contributed by atoms with E-state index in [0.29, 0.717) is 5.41 Å². The predicted octanol–water partition coefficient (Wildman–Crippen LogP) is 4.00. The lowest BCUT2D eigenvalue weighted by molar-refractivity contribution is 0.172. The molecule has 1 atom stereocenters. The Morgan fingerprint density at radius 1 is 1.36 bits per heavy atom. The third-order valence-electron chi connectivity index (χ3n) is 3.00. The average molecular weight is 154 g/mol. The molecule has 1 unspecified atom stereocenters. The second-order valence-corrected chi connectivity index (χ2v) is 4.92. The molecule has 0 nitrogen and oxygen atoms in total. The van der Waals surface area contributed by atoms with Gasteiger partial charge in [-0.1, -0.05) is 46.5 Å². The SMILES string of the molecule is CCCC1CCCC(C)(C)C1. The van der Waals surface area contributed by atoms with Crippen molar-refractivity contribution >= 4 is 0 Å². The Labute approximate surface area is 71.4 Å². The maximum absolute atomic E-state index is 2.43. The molecule has 0 N–H and O–H groups in total. The minimum Gasteiger partial charge on any atom is -0.0654 e. The summed E-state index contributed by atoms with van der Waals surface area (Å²) in [6, 6.07) is 0. The van der Waals surface area contributed by atoms with Crippen molar-refractivity contribution in [2.75, 3.05) is 0 Å². The van der Waals surface area contributed by atoms with Crippen LogP contribution in [0.25, 0.3) is 0 Å². The number of hydrogen-bond acceptors (Lipinski definition) is 0. The van der Waals surface area contributed by atoms with Crippen LogP contribution in [0, 0.1) is 11.3 Å². The lowest BCUT2D eigenvalue weighted by Gasteiger charge is -2.35. The molecule has 0 radical (unpaired) electrons. The quantitative estimate of drug-likeness (QED) is 0.564. The van der Waals surface area contributed by atoms with Crippen molar-refractivity contribution in [2.24, 2.45) is 11.3 Å². The van der Waals surface area contributed by atoms with Crippen LogP contribution in [0.2, 0.25) is 0 Å². The van der Waals surface area contributed by atoms with Crippen molar-refractivity contribution in [2.45, 2.75) is 59.3 Å². The van der Waals surface area contributed by atoms with E-state index >= 15 is 0 Å². The van der Waals surface area contributed by atoms with Crippen LogP contribution < -0.4 is 0 Å². The summed E-state index contributed by atoms with van der Waals surface area (Å²) in [7, 11) is 0. The highest BCUT2D eigenvalue weighted by Crippen LogP contribution is 2.40. The molecule has 0 amide bonds. The van der Waals surface area contributed by atoms with E-state index in [9.17, 15) is 0 Å². The summed E-state index contributed by atoms with van der Waals surface area (Å²) < 4.78 is 0. The first-order chi connectivity index (χ1) is 5.14. The minimum absolute atomic E-state index is 0.651. The van der Waals surface area contributed by atoms with Crippen molar-refractivity contribution < 1.29 is 0 Å². The van der Waals surface area contributed by atoms with Crippen LogP contribution in [0.5, 0.6) is 0 Å². The summed E-state index contributed by atoms with van der Waals surface area (Å²) in [5.41, 5.74) is 0.651. The van der Waals surface area contributed by atoms with Crippen LogP contribution in [0.3, 0.4) is 0 Å². The summed E-state index contributed by atoms with van der Waals surface area (Å²) >= 11 is 0. The normalized spacial score (nSPS) is 30.3. The fourth-order valence-corrected chi connectivity index (χ4v) is 2.51. The van der Waals surface area contributed by atoms with E-state index in [1.807, 2.05) is 0 Å². The lowest BCUT2D eigenvalue weighted by Crippen LogP contribution is -2.22. The average Bonchev–Trinajstić information content (AvgIpc) is 1.85. The van der Waals surface area contributed by atoms with Crippen molar-refractivity contribution in [3.8, 4) is 0 Å². The van der Waals surface area contributed by atoms with Gasteiger partial charge in [0.15, 0.2) is 0 Å². The van der Waals surface area contributed by atoms with E-state index in [1.165, 1.54) is 38.5 Å². The zero-order valence-corrected chi connectivity index (χ0v) is 8.32. The summed E-state index contributed by atoms with van der Waals surface area (Å²) in [5, 5.41) is 0. The first kappa shape index (κ1) is 9.09. The van der Waals surface area contributed by atoms with Crippen LogP contribution in [-0.2, 0) is 0 Å². The molecule has 1 fully saturated rings. The number of hydrogen-bond donors (Lipinski definition) is 0. The van der Waals surface area contributed by atoms with Gasteiger partial charge in [-0.2, -0.15) is 0 Å². The van der Waals surface area contributed by atoms with Crippen molar-refractivity contribution in [3.63, 3.8) is 0 Å². The van der Waals surface area contributed by atoms with Gasteiger partial charge in [-0.25, -0.2) is 0 Å². The molecule has 0 heterocycles. The smallest absolute Gasteiger partial charge is 0.0352 e. The monoisotopic (exact) mass is 154 g/mol.